The zero-order valence-corrected chi connectivity index (χ0v) is 12.2. The normalized spacial score (nSPS) is 14.5. The molecule has 0 fully saturated rings. The second-order valence-electron chi connectivity index (χ2n) is 5.27. The van der Waals surface area contributed by atoms with Crippen LogP contribution in [-0.4, -0.2) is 25.3 Å². The third-order valence-electron chi connectivity index (χ3n) is 3.09. The molecule has 0 aliphatic carbocycles. The molecule has 0 radical (unpaired) electrons. The van der Waals surface area contributed by atoms with Crippen molar-refractivity contribution in [2.75, 3.05) is 20.2 Å². The Morgan fingerprint density at radius 3 is 2.63 bits per heavy atom. The average Bonchev–Trinajstić information content (AvgIpc) is 2.37. The fourth-order valence-corrected chi connectivity index (χ4v) is 1.88. The van der Waals surface area contributed by atoms with E-state index in [0.717, 1.165) is 0 Å². The van der Waals surface area contributed by atoms with Crippen molar-refractivity contribution in [3.05, 3.63) is 29.6 Å². The zero-order valence-electron chi connectivity index (χ0n) is 12.2. The third-order valence-corrected chi connectivity index (χ3v) is 3.09. The maximum atomic E-state index is 13.7. The standard InChI is InChI=1S/C15H24FNO2/c1-5-15(18,10-17-4)12-6-7-13(16)14(8-12)19-9-11(2)3/h6-8,11,17-18H,5,9-10H2,1-4H3. The van der Waals surface area contributed by atoms with Gasteiger partial charge in [-0.15, -0.1) is 0 Å². The van der Waals surface area contributed by atoms with E-state index in [1.807, 2.05) is 20.8 Å². The van der Waals surface area contributed by atoms with Crippen molar-refractivity contribution in [2.24, 2.45) is 5.92 Å². The van der Waals surface area contributed by atoms with Gasteiger partial charge < -0.3 is 15.2 Å². The second-order valence-corrected chi connectivity index (χ2v) is 5.27. The van der Waals surface area contributed by atoms with Crippen molar-refractivity contribution in [1.29, 1.82) is 0 Å². The van der Waals surface area contributed by atoms with Crippen LogP contribution in [0.5, 0.6) is 5.75 Å². The van der Waals surface area contributed by atoms with Gasteiger partial charge in [-0.1, -0.05) is 26.8 Å². The van der Waals surface area contributed by atoms with E-state index in [-0.39, 0.29) is 5.75 Å². The topological polar surface area (TPSA) is 41.5 Å². The summed E-state index contributed by atoms with van der Waals surface area (Å²) in [4.78, 5) is 0. The highest BCUT2D eigenvalue weighted by Crippen LogP contribution is 2.29. The van der Waals surface area contributed by atoms with E-state index in [1.165, 1.54) is 6.07 Å². The lowest BCUT2D eigenvalue weighted by Crippen LogP contribution is -2.36. The smallest absolute Gasteiger partial charge is 0.165 e. The Hall–Kier alpha value is -1.13. The molecule has 108 valence electrons. The van der Waals surface area contributed by atoms with Crippen LogP contribution in [-0.2, 0) is 5.60 Å². The van der Waals surface area contributed by atoms with Gasteiger partial charge in [0.05, 0.1) is 6.61 Å². The Balaban J connectivity index is 3.00. The Kier molecular flexibility index (Phi) is 5.76. The molecule has 1 rings (SSSR count). The Morgan fingerprint density at radius 1 is 1.42 bits per heavy atom. The minimum atomic E-state index is -1.00. The van der Waals surface area contributed by atoms with E-state index in [4.69, 9.17) is 4.74 Å². The van der Waals surface area contributed by atoms with Gasteiger partial charge in [-0.3, -0.25) is 0 Å². The molecule has 0 bridgehead atoms. The van der Waals surface area contributed by atoms with Crippen LogP contribution in [0.3, 0.4) is 0 Å². The molecule has 0 saturated heterocycles. The number of benzene rings is 1. The number of hydrogen-bond donors (Lipinski definition) is 2. The summed E-state index contributed by atoms with van der Waals surface area (Å²) in [6, 6.07) is 4.55. The molecule has 1 aromatic rings. The van der Waals surface area contributed by atoms with E-state index in [0.29, 0.717) is 31.1 Å². The fourth-order valence-electron chi connectivity index (χ4n) is 1.88. The first-order chi connectivity index (χ1) is 8.92. The summed E-state index contributed by atoms with van der Waals surface area (Å²) in [6.45, 7) is 6.78. The lowest BCUT2D eigenvalue weighted by molar-refractivity contribution is 0.0342. The summed E-state index contributed by atoms with van der Waals surface area (Å²) < 4.78 is 19.1. The van der Waals surface area contributed by atoms with E-state index < -0.39 is 11.4 Å². The number of nitrogens with one attached hydrogen (secondary N) is 1. The van der Waals surface area contributed by atoms with Crippen LogP contribution in [0, 0.1) is 11.7 Å². The summed E-state index contributed by atoms with van der Waals surface area (Å²) in [6.07, 6.45) is 0.545. The molecule has 1 unspecified atom stereocenters. The highest BCUT2D eigenvalue weighted by molar-refractivity contribution is 5.34. The molecule has 0 saturated carbocycles. The van der Waals surface area contributed by atoms with Gasteiger partial charge in [-0.05, 0) is 37.1 Å². The van der Waals surface area contributed by atoms with Crippen molar-refractivity contribution in [3.63, 3.8) is 0 Å². The summed E-state index contributed by atoms with van der Waals surface area (Å²) in [7, 11) is 1.78. The molecule has 2 N–H and O–H groups in total. The van der Waals surface area contributed by atoms with Gasteiger partial charge in [0.1, 0.15) is 5.60 Å². The summed E-state index contributed by atoms with van der Waals surface area (Å²) in [5.41, 5.74) is -0.331. The lowest BCUT2D eigenvalue weighted by atomic mass is 9.91. The molecule has 0 amide bonds. The average molecular weight is 269 g/mol. The summed E-state index contributed by atoms with van der Waals surface area (Å²) >= 11 is 0. The largest absolute Gasteiger partial charge is 0.490 e. The number of rotatable bonds is 7. The molecule has 3 nitrogen and oxygen atoms in total. The zero-order chi connectivity index (χ0) is 14.5. The predicted molar refractivity (Wildman–Crippen MR) is 74.8 cm³/mol. The Morgan fingerprint density at radius 2 is 2.11 bits per heavy atom. The van der Waals surface area contributed by atoms with Crippen LogP contribution < -0.4 is 10.1 Å². The molecule has 0 aliphatic rings. The first-order valence-electron chi connectivity index (χ1n) is 6.72. The highest BCUT2D eigenvalue weighted by Gasteiger charge is 2.27. The van der Waals surface area contributed by atoms with E-state index in [1.54, 1.807) is 19.2 Å². The van der Waals surface area contributed by atoms with Gasteiger partial charge in [0.2, 0.25) is 0 Å². The highest BCUT2D eigenvalue weighted by atomic mass is 19.1. The van der Waals surface area contributed by atoms with Crippen LogP contribution >= 0.6 is 0 Å². The molecule has 0 spiro atoms. The van der Waals surface area contributed by atoms with Gasteiger partial charge in [0.25, 0.3) is 0 Å². The van der Waals surface area contributed by atoms with Gasteiger partial charge in [-0.25, -0.2) is 4.39 Å². The maximum Gasteiger partial charge on any atom is 0.165 e. The van der Waals surface area contributed by atoms with Crippen molar-refractivity contribution >= 4 is 0 Å². The third kappa shape index (κ3) is 4.18. The molecule has 0 aromatic heterocycles. The van der Waals surface area contributed by atoms with Crippen molar-refractivity contribution < 1.29 is 14.2 Å². The predicted octanol–water partition coefficient (Wildman–Crippen LogP) is 2.68. The number of likely N-dealkylation sites (N-methyl/N-ethyl adjacent to an activating group) is 1. The van der Waals surface area contributed by atoms with Crippen molar-refractivity contribution in [2.45, 2.75) is 32.8 Å². The molecule has 1 atom stereocenters. The van der Waals surface area contributed by atoms with Gasteiger partial charge in [0, 0.05) is 6.54 Å². The number of halogens is 1. The van der Waals surface area contributed by atoms with Crippen LogP contribution in [0.2, 0.25) is 0 Å². The van der Waals surface area contributed by atoms with Crippen LogP contribution in [0.4, 0.5) is 4.39 Å². The molecule has 19 heavy (non-hydrogen) atoms. The molecular weight excluding hydrogens is 245 g/mol. The Labute approximate surface area is 114 Å². The van der Waals surface area contributed by atoms with Gasteiger partial charge in [-0.2, -0.15) is 0 Å². The first kappa shape index (κ1) is 15.9. The van der Waals surface area contributed by atoms with Crippen molar-refractivity contribution in [1.82, 2.24) is 5.32 Å². The van der Waals surface area contributed by atoms with Gasteiger partial charge >= 0.3 is 0 Å². The quantitative estimate of drug-likeness (QED) is 0.799. The minimum absolute atomic E-state index is 0.203. The molecule has 0 heterocycles. The van der Waals surface area contributed by atoms with Crippen LogP contribution in [0.1, 0.15) is 32.8 Å². The number of hydrogen-bond acceptors (Lipinski definition) is 3. The molecule has 4 heteroatoms. The first-order valence-corrected chi connectivity index (χ1v) is 6.72. The number of ether oxygens (including phenoxy) is 1. The SMILES string of the molecule is CCC(O)(CNC)c1ccc(F)c(OCC(C)C)c1. The van der Waals surface area contributed by atoms with Gasteiger partial charge in [0.15, 0.2) is 11.6 Å². The van der Waals surface area contributed by atoms with E-state index in [2.05, 4.69) is 5.32 Å². The monoisotopic (exact) mass is 269 g/mol. The lowest BCUT2D eigenvalue weighted by Gasteiger charge is -2.27. The summed E-state index contributed by atoms with van der Waals surface area (Å²) in [5.74, 6) is 0.131. The summed E-state index contributed by atoms with van der Waals surface area (Å²) in [5, 5.41) is 13.5. The van der Waals surface area contributed by atoms with Crippen LogP contribution in [0.25, 0.3) is 0 Å². The number of aliphatic hydroxyl groups is 1. The van der Waals surface area contributed by atoms with Crippen LogP contribution in [0.15, 0.2) is 18.2 Å². The molecule has 1 aromatic carbocycles. The van der Waals surface area contributed by atoms with E-state index in [9.17, 15) is 9.50 Å². The Bertz CT molecular complexity index is 409. The minimum Gasteiger partial charge on any atom is -0.490 e. The fraction of sp³-hybridized carbons (Fsp3) is 0.600. The van der Waals surface area contributed by atoms with E-state index >= 15 is 0 Å². The molecule has 0 aliphatic heterocycles. The molecular formula is C15H24FNO2. The maximum absolute atomic E-state index is 13.7. The van der Waals surface area contributed by atoms with Crippen molar-refractivity contribution in [3.8, 4) is 5.75 Å². The second kappa shape index (κ2) is 6.87.